The molecule has 0 atom stereocenters. The monoisotopic (exact) mass is 591 g/mol. The van der Waals surface area contributed by atoms with Gasteiger partial charge in [0, 0.05) is 22.7 Å². The molecule has 16 heteroatoms. The number of carbonyl (C=O) groups is 1. The lowest BCUT2D eigenvalue weighted by Gasteiger charge is -2.47. The fourth-order valence-corrected chi connectivity index (χ4v) is 7.61. The number of anilines is 1. The number of rotatable bonds is 6. The summed E-state index contributed by atoms with van der Waals surface area (Å²) in [6.07, 6.45) is -6.79. The van der Waals surface area contributed by atoms with Crippen molar-refractivity contribution < 1.29 is 44.3 Å². The average molecular weight is 592 g/mol. The summed E-state index contributed by atoms with van der Waals surface area (Å²) in [4.78, 5) is 18.4. The maximum Gasteiger partial charge on any atom is 0.490 e. The molecule has 216 valence electrons. The van der Waals surface area contributed by atoms with E-state index in [0.29, 0.717) is 29.5 Å². The zero-order chi connectivity index (χ0) is 29.5. The van der Waals surface area contributed by atoms with Gasteiger partial charge in [-0.15, -0.1) is 0 Å². The van der Waals surface area contributed by atoms with Crippen molar-refractivity contribution in [2.75, 3.05) is 12.3 Å². The summed E-state index contributed by atoms with van der Waals surface area (Å²) in [5.74, 6) is -2.74. The number of sulfonamides is 1. The van der Waals surface area contributed by atoms with Crippen LogP contribution < -0.4 is 10.5 Å². The van der Waals surface area contributed by atoms with Crippen LogP contribution in [0.4, 0.5) is 32.2 Å². The number of benzene rings is 1. The highest BCUT2D eigenvalue weighted by molar-refractivity contribution is 7.89. The predicted molar refractivity (Wildman–Crippen MR) is 128 cm³/mol. The van der Waals surface area contributed by atoms with Crippen molar-refractivity contribution in [3.05, 3.63) is 41.3 Å². The molecule has 2 heterocycles. The first-order valence-electron chi connectivity index (χ1n) is 12.0. The van der Waals surface area contributed by atoms with E-state index in [-0.39, 0.29) is 29.1 Å². The molecule has 3 aromatic rings. The molecular weight excluding hydrogens is 568 g/mol. The molecule has 40 heavy (non-hydrogen) atoms. The van der Waals surface area contributed by atoms with Crippen molar-refractivity contribution in [1.82, 2.24) is 19.1 Å². The van der Waals surface area contributed by atoms with Crippen LogP contribution in [0.1, 0.15) is 42.5 Å². The van der Waals surface area contributed by atoms with Crippen LogP contribution in [0, 0.1) is 19.3 Å². The van der Waals surface area contributed by atoms with Crippen LogP contribution in [0.15, 0.2) is 29.4 Å². The first-order valence-corrected chi connectivity index (χ1v) is 13.4. The van der Waals surface area contributed by atoms with Crippen LogP contribution in [-0.2, 0) is 25.7 Å². The fraction of sp³-hybridized carbons (Fsp3) is 0.458. The number of nitrogens with zero attached hydrogens (tertiary/aromatic N) is 3. The predicted octanol–water partition coefficient (Wildman–Crippen LogP) is 4.31. The molecule has 0 spiro atoms. The molecule has 1 aromatic carbocycles. The molecule has 0 aliphatic heterocycles. The van der Waals surface area contributed by atoms with E-state index in [9.17, 15) is 39.6 Å². The maximum absolute atomic E-state index is 13.5. The Morgan fingerprint density at radius 1 is 1.12 bits per heavy atom. The Balaban J connectivity index is 1.43. The van der Waals surface area contributed by atoms with Gasteiger partial charge < -0.3 is 10.5 Å². The number of hydrogen-bond donors (Lipinski definition) is 2. The first kappa shape index (κ1) is 28.1. The summed E-state index contributed by atoms with van der Waals surface area (Å²) in [6, 6.07) is 2.91. The van der Waals surface area contributed by atoms with Crippen LogP contribution >= 0.6 is 0 Å². The normalized spacial score (nSPS) is 22.9. The molecule has 3 saturated carbocycles. The van der Waals surface area contributed by atoms with Gasteiger partial charge in [-0.1, -0.05) is 6.07 Å². The largest absolute Gasteiger partial charge is 0.490 e. The Morgan fingerprint density at radius 3 is 2.42 bits per heavy atom. The fourth-order valence-electron chi connectivity index (χ4n) is 5.93. The maximum atomic E-state index is 13.5. The van der Waals surface area contributed by atoms with E-state index in [2.05, 4.69) is 19.4 Å². The molecule has 3 fully saturated rings. The molecule has 2 bridgehead atoms. The molecule has 2 aromatic heterocycles. The van der Waals surface area contributed by atoms with Gasteiger partial charge in [0.25, 0.3) is 0 Å². The van der Waals surface area contributed by atoms with E-state index in [1.807, 2.05) is 0 Å². The zero-order valence-electron chi connectivity index (χ0n) is 21.1. The number of fused-ring (bicyclic) bond motifs is 2. The van der Waals surface area contributed by atoms with Crippen molar-refractivity contribution in [1.29, 1.82) is 0 Å². The van der Waals surface area contributed by atoms with E-state index in [1.54, 1.807) is 19.9 Å². The highest BCUT2D eigenvalue weighted by atomic mass is 32.2. The number of esters is 1. The number of ether oxygens (including phenoxy) is 1. The molecule has 3 aliphatic rings. The van der Waals surface area contributed by atoms with Crippen molar-refractivity contribution in [3.63, 3.8) is 0 Å². The Hall–Kier alpha value is -3.40. The van der Waals surface area contributed by atoms with Crippen molar-refractivity contribution in [3.8, 4) is 11.3 Å². The summed E-state index contributed by atoms with van der Waals surface area (Å²) in [5, 5.41) is 0. The summed E-state index contributed by atoms with van der Waals surface area (Å²) >= 11 is 0. The van der Waals surface area contributed by atoms with Gasteiger partial charge in [0.15, 0.2) is 17.2 Å². The standard InChI is InChI=1S/C24H23F6N5O4S/c1-12-5-13(2)16(6-14(12)15-7-32-19-18(31)33-17(8-35(15)19)23(25,26)27)40(37,38)34-22-4-3-21(9-22,10-22)11-39-20(36)24(28,29)30/h5-8,34H,3-4,9-11H2,1-2H3,(H2,31,33). The minimum atomic E-state index is -5.12. The van der Waals surface area contributed by atoms with Gasteiger partial charge in [0.2, 0.25) is 10.0 Å². The van der Waals surface area contributed by atoms with E-state index in [1.165, 1.54) is 12.3 Å². The molecule has 0 radical (unpaired) electrons. The second-order valence-electron chi connectivity index (χ2n) is 10.6. The minimum absolute atomic E-state index is 0.0348. The molecule has 0 unspecified atom stereocenters. The minimum Gasteiger partial charge on any atom is -0.458 e. The number of alkyl halides is 6. The molecule has 9 nitrogen and oxygen atoms in total. The number of nitrogens with two attached hydrogens (primary N) is 1. The topological polar surface area (TPSA) is 129 Å². The zero-order valence-corrected chi connectivity index (χ0v) is 21.9. The third-order valence-electron chi connectivity index (χ3n) is 7.55. The SMILES string of the molecule is Cc1cc(C)c(S(=O)(=O)NC23CCC(COC(=O)C(F)(F)F)(C2)C3)cc1-c1cnc2c(N)nc(C(F)(F)F)cn12. The number of imidazole rings is 1. The Labute approximate surface area is 223 Å². The first-order chi connectivity index (χ1) is 18.3. The molecule has 3 N–H and O–H groups in total. The van der Waals surface area contributed by atoms with E-state index in [0.717, 1.165) is 10.6 Å². The van der Waals surface area contributed by atoms with Gasteiger partial charge in [-0.3, -0.25) is 4.40 Å². The summed E-state index contributed by atoms with van der Waals surface area (Å²) < 4.78 is 113. The number of nitrogen functional groups attached to an aromatic ring is 1. The number of carbonyl (C=O) groups excluding carboxylic acids is 1. The lowest BCUT2D eigenvalue weighted by Crippen LogP contribution is -2.57. The highest BCUT2D eigenvalue weighted by Crippen LogP contribution is 2.62. The second kappa shape index (κ2) is 8.80. The van der Waals surface area contributed by atoms with Crippen molar-refractivity contribution in [2.45, 2.75) is 62.3 Å². The second-order valence-corrected chi connectivity index (χ2v) is 12.2. The Morgan fingerprint density at radius 2 is 1.80 bits per heavy atom. The Bertz CT molecular complexity index is 1640. The van der Waals surface area contributed by atoms with Crippen molar-refractivity contribution in [2.24, 2.45) is 5.41 Å². The van der Waals surface area contributed by atoms with Crippen LogP contribution in [0.2, 0.25) is 0 Å². The average Bonchev–Trinajstić information content (AvgIpc) is 3.47. The van der Waals surface area contributed by atoms with Crippen molar-refractivity contribution >= 4 is 27.5 Å². The summed E-state index contributed by atoms with van der Waals surface area (Å²) in [5.41, 5.74) is 4.17. The number of hydrogen-bond acceptors (Lipinski definition) is 7. The van der Waals surface area contributed by atoms with E-state index in [4.69, 9.17) is 5.73 Å². The number of halogens is 6. The van der Waals surface area contributed by atoms with Gasteiger partial charge in [-0.05, 0) is 56.7 Å². The van der Waals surface area contributed by atoms with Crippen LogP contribution in [0.3, 0.4) is 0 Å². The molecule has 0 amide bonds. The number of aromatic nitrogens is 3. The summed E-state index contributed by atoms with van der Waals surface area (Å²) in [7, 11) is -4.18. The molecule has 6 rings (SSSR count). The summed E-state index contributed by atoms with van der Waals surface area (Å²) in [6.45, 7) is 2.77. The van der Waals surface area contributed by atoms with Crippen LogP contribution in [0.5, 0.6) is 0 Å². The van der Waals surface area contributed by atoms with Gasteiger partial charge in [-0.25, -0.2) is 27.9 Å². The Kier molecular flexibility index (Phi) is 6.19. The third-order valence-corrected chi connectivity index (χ3v) is 9.27. The van der Waals surface area contributed by atoms with E-state index < -0.39 is 57.4 Å². The van der Waals surface area contributed by atoms with Crippen LogP contribution in [-0.4, -0.2) is 47.1 Å². The van der Waals surface area contributed by atoms with Gasteiger partial charge in [0.05, 0.1) is 23.4 Å². The van der Waals surface area contributed by atoms with Gasteiger partial charge in [-0.2, -0.15) is 26.3 Å². The number of aryl methyl sites for hydroxylation is 2. The lowest BCUT2D eigenvalue weighted by molar-refractivity contribution is -0.204. The van der Waals surface area contributed by atoms with Crippen LogP contribution in [0.25, 0.3) is 16.9 Å². The van der Waals surface area contributed by atoms with E-state index >= 15 is 0 Å². The molecule has 0 saturated heterocycles. The number of nitrogens with one attached hydrogen (secondary N) is 1. The third kappa shape index (κ3) is 4.76. The van der Waals surface area contributed by atoms with Gasteiger partial charge >= 0.3 is 18.3 Å². The lowest BCUT2D eigenvalue weighted by atomic mass is 9.66. The molecular formula is C24H23F6N5O4S. The highest BCUT2D eigenvalue weighted by Gasteiger charge is 2.63. The van der Waals surface area contributed by atoms with Gasteiger partial charge in [0.1, 0.15) is 0 Å². The molecule has 3 aliphatic carbocycles. The quantitative estimate of drug-likeness (QED) is 0.323. The smallest absolute Gasteiger partial charge is 0.458 e.